The van der Waals surface area contributed by atoms with Crippen molar-refractivity contribution in [2.24, 2.45) is 39.9 Å². The molecule has 5 aliphatic rings. The van der Waals surface area contributed by atoms with E-state index in [1.54, 1.807) is 0 Å². The Labute approximate surface area is 147 Å². The van der Waals surface area contributed by atoms with Crippen molar-refractivity contribution in [3.05, 3.63) is 0 Å². The molecule has 2 bridgehead atoms. The van der Waals surface area contributed by atoms with Crippen molar-refractivity contribution in [3.8, 4) is 0 Å². The Morgan fingerprint density at radius 2 is 1.79 bits per heavy atom. The standard InChI is InChI=1S/C21H36O3/c1-19(13-24-3)7-4-8-20(2)16(19)6-10-21-9-5-14(11-17(20)21)15(12-22)18(21)23/h14-18,22-23H,4-13H2,1-3H3/t14-,15-,16+,17-,18+,19-,20+,21-/m0/s1. The van der Waals surface area contributed by atoms with Crippen LogP contribution in [-0.4, -0.2) is 36.6 Å². The highest BCUT2D eigenvalue weighted by Gasteiger charge is 2.67. The van der Waals surface area contributed by atoms with E-state index in [0.717, 1.165) is 13.0 Å². The summed E-state index contributed by atoms with van der Waals surface area (Å²) in [7, 11) is 1.85. The summed E-state index contributed by atoms with van der Waals surface area (Å²) < 4.78 is 5.65. The van der Waals surface area contributed by atoms with Gasteiger partial charge in [-0.25, -0.2) is 0 Å². The lowest BCUT2D eigenvalue weighted by molar-refractivity contribution is -0.250. The maximum atomic E-state index is 11.2. The Morgan fingerprint density at radius 1 is 1.04 bits per heavy atom. The van der Waals surface area contributed by atoms with Crippen LogP contribution in [0.3, 0.4) is 0 Å². The summed E-state index contributed by atoms with van der Waals surface area (Å²) in [5.74, 6) is 2.01. The van der Waals surface area contributed by atoms with Gasteiger partial charge in [-0.15, -0.1) is 0 Å². The van der Waals surface area contributed by atoms with Crippen molar-refractivity contribution in [2.45, 2.75) is 71.3 Å². The fourth-order valence-electron chi connectivity index (χ4n) is 8.36. The molecule has 0 aromatic rings. The molecule has 5 fully saturated rings. The van der Waals surface area contributed by atoms with E-state index in [1.165, 1.54) is 44.9 Å². The molecule has 1 spiro atoms. The number of methoxy groups -OCH3 is 1. The second-order valence-corrected chi connectivity index (χ2v) is 10.1. The van der Waals surface area contributed by atoms with Gasteiger partial charge in [0.15, 0.2) is 0 Å². The molecule has 2 N–H and O–H groups in total. The fraction of sp³-hybridized carbons (Fsp3) is 1.00. The Morgan fingerprint density at radius 3 is 2.50 bits per heavy atom. The lowest BCUT2D eigenvalue weighted by Crippen LogP contribution is -2.66. The molecule has 0 aliphatic heterocycles. The zero-order valence-electron chi connectivity index (χ0n) is 15.8. The molecule has 0 radical (unpaired) electrons. The van der Waals surface area contributed by atoms with Gasteiger partial charge in [0.05, 0.1) is 12.7 Å². The minimum absolute atomic E-state index is 0.0821. The van der Waals surface area contributed by atoms with E-state index in [-0.39, 0.29) is 24.0 Å². The first-order valence-corrected chi connectivity index (χ1v) is 10.2. The topological polar surface area (TPSA) is 49.7 Å². The first-order valence-electron chi connectivity index (χ1n) is 10.2. The Balaban J connectivity index is 1.71. The number of hydrogen-bond acceptors (Lipinski definition) is 3. The smallest absolute Gasteiger partial charge is 0.0651 e. The molecular weight excluding hydrogens is 300 g/mol. The first kappa shape index (κ1) is 17.3. The quantitative estimate of drug-likeness (QED) is 0.827. The number of rotatable bonds is 3. The number of ether oxygens (including phenoxy) is 1. The normalized spacial score (nSPS) is 56.6. The van der Waals surface area contributed by atoms with E-state index in [9.17, 15) is 10.2 Å². The van der Waals surface area contributed by atoms with Crippen molar-refractivity contribution in [2.75, 3.05) is 20.3 Å². The molecule has 3 nitrogen and oxygen atoms in total. The molecule has 5 rings (SSSR count). The third kappa shape index (κ3) is 2.07. The molecule has 0 saturated heterocycles. The van der Waals surface area contributed by atoms with Crippen LogP contribution < -0.4 is 0 Å². The maximum absolute atomic E-state index is 11.2. The predicted octanol–water partition coefficient (Wildman–Crippen LogP) is 3.63. The molecule has 8 atom stereocenters. The third-order valence-electron chi connectivity index (χ3n) is 9.29. The molecule has 5 aliphatic carbocycles. The third-order valence-corrected chi connectivity index (χ3v) is 9.29. The lowest BCUT2D eigenvalue weighted by Gasteiger charge is -2.70. The molecule has 0 unspecified atom stereocenters. The highest BCUT2D eigenvalue weighted by molar-refractivity contribution is 5.16. The van der Waals surface area contributed by atoms with Crippen molar-refractivity contribution in [1.82, 2.24) is 0 Å². The largest absolute Gasteiger partial charge is 0.396 e. The van der Waals surface area contributed by atoms with Crippen LogP contribution in [0.5, 0.6) is 0 Å². The molecule has 0 amide bonds. The highest BCUT2D eigenvalue weighted by Crippen LogP contribution is 2.72. The second kappa shape index (κ2) is 5.69. The summed E-state index contributed by atoms with van der Waals surface area (Å²) >= 11 is 0. The van der Waals surface area contributed by atoms with Crippen molar-refractivity contribution < 1.29 is 14.9 Å². The lowest BCUT2D eigenvalue weighted by atomic mass is 9.35. The predicted molar refractivity (Wildman–Crippen MR) is 94.5 cm³/mol. The van der Waals surface area contributed by atoms with Gasteiger partial charge in [-0.3, -0.25) is 0 Å². The van der Waals surface area contributed by atoms with E-state index >= 15 is 0 Å². The van der Waals surface area contributed by atoms with Gasteiger partial charge >= 0.3 is 0 Å². The van der Waals surface area contributed by atoms with Gasteiger partial charge in [-0.2, -0.15) is 0 Å². The summed E-state index contributed by atoms with van der Waals surface area (Å²) in [5, 5.41) is 21.0. The molecule has 0 aromatic carbocycles. The molecule has 24 heavy (non-hydrogen) atoms. The molecule has 0 aromatic heterocycles. The Hall–Kier alpha value is -0.120. The molecular formula is C21H36O3. The molecule has 138 valence electrons. The van der Waals surface area contributed by atoms with Crippen LogP contribution in [0.25, 0.3) is 0 Å². The van der Waals surface area contributed by atoms with Crippen LogP contribution in [0.4, 0.5) is 0 Å². The van der Waals surface area contributed by atoms with E-state index in [2.05, 4.69) is 13.8 Å². The van der Waals surface area contributed by atoms with Crippen molar-refractivity contribution >= 4 is 0 Å². The minimum Gasteiger partial charge on any atom is -0.396 e. The first-order chi connectivity index (χ1) is 11.4. The van der Waals surface area contributed by atoms with Gasteiger partial charge in [0.2, 0.25) is 0 Å². The molecule has 5 saturated carbocycles. The van der Waals surface area contributed by atoms with E-state index in [0.29, 0.717) is 28.6 Å². The highest BCUT2D eigenvalue weighted by atomic mass is 16.5. The van der Waals surface area contributed by atoms with Crippen LogP contribution in [0.2, 0.25) is 0 Å². The van der Waals surface area contributed by atoms with Crippen LogP contribution in [0.15, 0.2) is 0 Å². The second-order valence-electron chi connectivity index (χ2n) is 10.1. The average molecular weight is 337 g/mol. The zero-order valence-corrected chi connectivity index (χ0v) is 15.8. The summed E-state index contributed by atoms with van der Waals surface area (Å²) in [6, 6.07) is 0. The van der Waals surface area contributed by atoms with Crippen molar-refractivity contribution in [3.63, 3.8) is 0 Å². The number of fused-ring (bicyclic) bond motifs is 3. The summed E-state index contributed by atoms with van der Waals surface area (Å²) in [4.78, 5) is 0. The van der Waals surface area contributed by atoms with Gasteiger partial charge in [0, 0.05) is 25.0 Å². The monoisotopic (exact) mass is 336 g/mol. The summed E-state index contributed by atoms with van der Waals surface area (Å²) in [6.45, 7) is 6.03. The van der Waals surface area contributed by atoms with E-state index in [4.69, 9.17) is 4.74 Å². The SMILES string of the molecule is COC[C@]1(C)CCC[C@]2(C)[C@@H]1CC[C@@]13CC[C@@H](C[C@@H]21)[C@H](CO)[C@H]3O. The Bertz CT molecular complexity index is 489. The van der Waals surface area contributed by atoms with Crippen LogP contribution in [0, 0.1) is 39.9 Å². The van der Waals surface area contributed by atoms with Crippen LogP contribution >= 0.6 is 0 Å². The van der Waals surface area contributed by atoms with Crippen molar-refractivity contribution in [1.29, 1.82) is 0 Å². The van der Waals surface area contributed by atoms with E-state index in [1.807, 2.05) is 7.11 Å². The zero-order chi connectivity index (χ0) is 17.2. The van der Waals surface area contributed by atoms with Gasteiger partial charge in [-0.1, -0.05) is 20.3 Å². The fourth-order valence-corrected chi connectivity index (χ4v) is 8.36. The van der Waals surface area contributed by atoms with Crippen LogP contribution in [-0.2, 0) is 4.74 Å². The Kier molecular flexibility index (Phi) is 4.10. The molecule has 3 heteroatoms. The van der Waals surface area contributed by atoms with Gasteiger partial charge < -0.3 is 14.9 Å². The van der Waals surface area contributed by atoms with Gasteiger partial charge in [0.1, 0.15) is 0 Å². The van der Waals surface area contributed by atoms with Crippen LogP contribution in [0.1, 0.15) is 65.2 Å². The minimum atomic E-state index is -0.284. The van der Waals surface area contributed by atoms with Gasteiger partial charge in [0.25, 0.3) is 0 Å². The number of aliphatic hydroxyl groups is 2. The molecule has 0 heterocycles. The average Bonchev–Trinajstić information content (AvgIpc) is 2.55. The number of aliphatic hydroxyl groups excluding tert-OH is 2. The van der Waals surface area contributed by atoms with E-state index < -0.39 is 0 Å². The maximum Gasteiger partial charge on any atom is 0.0651 e. The number of hydrogen-bond donors (Lipinski definition) is 2. The summed E-state index contributed by atoms with van der Waals surface area (Å²) in [6.07, 6.45) is 9.63. The van der Waals surface area contributed by atoms with Gasteiger partial charge in [-0.05, 0) is 73.5 Å². The summed E-state index contributed by atoms with van der Waals surface area (Å²) in [5.41, 5.74) is 0.712.